The molecule has 0 atom stereocenters. The number of rotatable bonds is 4. The molecule has 1 saturated carbocycles. The Hall–Kier alpha value is -2.20. The molecule has 4 rings (SSSR count). The Balaban J connectivity index is 1.50. The van der Waals surface area contributed by atoms with Gasteiger partial charge >= 0.3 is 0 Å². The first-order valence-corrected chi connectivity index (χ1v) is 9.48. The molecule has 2 aromatic carbocycles. The van der Waals surface area contributed by atoms with Crippen molar-refractivity contribution in [2.75, 3.05) is 13.2 Å². The van der Waals surface area contributed by atoms with Crippen molar-refractivity contribution in [1.82, 2.24) is 5.32 Å². The monoisotopic (exact) mass is 371 g/mol. The minimum atomic E-state index is -0.446. The smallest absolute Gasteiger partial charge is 0.230 e. The summed E-state index contributed by atoms with van der Waals surface area (Å²) in [6.45, 7) is 1.61. The summed E-state index contributed by atoms with van der Waals surface area (Å²) in [5, 5.41) is 3.83. The maximum absolute atomic E-state index is 13.1. The maximum Gasteiger partial charge on any atom is 0.230 e. The molecule has 1 N–H and O–H groups in total. The third kappa shape index (κ3) is 3.26. The Labute approximate surface area is 158 Å². The van der Waals surface area contributed by atoms with Crippen LogP contribution in [0.15, 0.2) is 42.5 Å². The molecule has 1 heterocycles. The molecule has 2 aliphatic rings. The molecule has 5 heteroatoms. The zero-order valence-corrected chi connectivity index (χ0v) is 15.3. The maximum atomic E-state index is 13.1. The van der Waals surface area contributed by atoms with E-state index in [4.69, 9.17) is 21.1 Å². The Morgan fingerprint density at radius 2 is 1.69 bits per heavy atom. The topological polar surface area (TPSA) is 47.6 Å². The van der Waals surface area contributed by atoms with Gasteiger partial charge in [-0.25, -0.2) is 0 Å². The molecule has 0 spiro atoms. The van der Waals surface area contributed by atoms with E-state index in [0.717, 1.165) is 48.3 Å². The van der Waals surface area contributed by atoms with Crippen LogP contribution in [0, 0.1) is 0 Å². The molecule has 136 valence electrons. The molecule has 0 radical (unpaired) electrons. The Kier molecular flexibility index (Phi) is 4.77. The molecule has 4 nitrogen and oxygen atoms in total. The molecule has 2 aromatic rings. The second kappa shape index (κ2) is 7.20. The second-order valence-electron chi connectivity index (χ2n) is 6.96. The molecule has 0 aromatic heterocycles. The van der Waals surface area contributed by atoms with E-state index in [-0.39, 0.29) is 5.91 Å². The minimum absolute atomic E-state index is 0.0900. The lowest BCUT2D eigenvalue weighted by Gasteiger charge is -2.28. The molecule has 0 unspecified atom stereocenters. The van der Waals surface area contributed by atoms with Gasteiger partial charge < -0.3 is 14.8 Å². The van der Waals surface area contributed by atoms with Crippen molar-refractivity contribution < 1.29 is 14.3 Å². The van der Waals surface area contributed by atoms with Crippen LogP contribution >= 0.6 is 11.6 Å². The van der Waals surface area contributed by atoms with Crippen molar-refractivity contribution in [1.29, 1.82) is 0 Å². The van der Waals surface area contributed by atoms with Gasteiger partial charge in [0.25, 0.3) is 0 Å². The second-order valence-corrected chi connectivity index (χ2v) is 7.39. The van der Waals surface area contributed by atoms with Crippen LogP contribution in [0.5, 0.6) is 11.5 Å². The number of nitrogens with one attached hydrogen (secondary N) is 1. The highest BCUT2D eigenvalue weighted by Gasteiger charge is 2.42. The summed E-state index contributed by atoms with van der Waals surface area (Å²) in [6, 6.07) is 13.5. The zero-order valence-electron chi connectivity index (χ0n) is 14.6. The third-order valence-corrected chi connectivity index (χ3v) is 5.60. The van der Waals surface area contributed by atoms with Crippen LogP contribution in [0.4, 0.5) is 0 Å². The largest absolute Gasteiger partial charge is 0.486 e. The van der Waals surface area contributed by atoms with Crippen molar-refractivity contribution in [2.24, 2.45) is 0 Å². The van der Waals surface area contributed by atoms with Crippen LogP contribution in [0.1, 0.15) is 36.8 Å². The van der Waals surface area contributed by atoms with Crippen LogP contribution in [0.25, 0.3) is 0 Å². The molecule has 0 bridgehead atoms. The summed E-state index contributed by atoms with van der Waals surface area (Å²) in [6.07, 6.45) is 3.89. The van der Waals surface area contributed by atoms with Gasteiger partial charge in [-0.2, -0.15) is 0 Å². The average Bonchev–Trinajstić information content (AvgIpc) is 3.17. The Morgan fingerprint density at radius 3 is 2.42 bits per heavy atom. The first-order chi connectivity index (χ1) is 12.7. The fourth-order valence-electron chi connectivity index (χ4n) is 3.94. The molecule has 1 aliphatic heterocycles. The van der Waals surface area contributed by atoms with E-state index in [1.54, 1.807) is 0 Å². The van der Waals surface area contributed by atoms with E-state index in [0.29, 0.717) is 24.8 Å². The number of hydrogen-bond donors (Lipinski definition) is 1. The van der Waals surface area contributed by atoms with Crippen LogP contribution in [0.3, 0.4) is 0 Å². The predicted octanol–water partition coefficient (Wildman–Crippen LogP) is 4.24. The summed E-state index contributed by atoms with van der Waals surface area (Å²) >= 11 is 6.02. The Morgan fingerprint density at radius 1 is 1.00 bits per heavy atom. The molecule has 1 amide bonds. The number of carbonyl (C=O) groups is 1. The van der Waals surface area contributed by atoms with E-state index in [1.807, 2.05) is 42.5 Å². The molecule has 1 aliphatic carbocycles. The quantitative estimate of drug-likeness (QED) is 0.874. The van der Waals surface area contributed by atoms with Gasteiger partial charge in [0.1, 0.15) is 13.2 Å². The summed E-state index contributed by atoms with van der Waals surface area (Å²) < 4.78 is 11.2. The van der Waals surface area contributed by atoms with Crippen molar-refractivity contribution in [2.45, 2.75) is 37.6 Å². The number of fused-ring (bicyclic) bond motifs is 1. The van der Waals surface area contributed by atoms with Crippen LogP contribution in [0.2, 0.25) is 5.02 Å². The summed E-state index contributed by atoms with van der Waals surface area (Å²) in [4.78, 5) is 13.1. The van der Waals surface area contributed by atoms with E-state index in [1.165, 1.54) is 0 Å². The fourth-order valence-corrected chi connectivity index (χ4v) is 4.07. The van der Waals surface area contributed by atoms with Crippen molar-refractivity contribution in [3.8, 4) is 11.5 Å². The molecular weight excluding hydrogens is 350 g/mol. The number of amides is 1. The number of benzene rings is 2. The van der Waals surface area contributed by atoms with Gasteiger partial charge in [-0.1, -0.05) is 42.6 Å². The minimum Gasteiger partial charge on any atom is -0.486 e. The summed E-state index contributed by atoms with van der Waals surface area (Å²) in [5.41, 5.74) is 1.62. The van der Waals surface area contributed by atoms with Gasteiger partial charge in [0.05, 0.1) is 5.41 Å². The highest BCUT2D eigenvalue weighted by atomic mass is 35.5. The summed E-state index contributed by atoms with van der Waals surface area (Å²) in [7, 11) is 0. The fraction of sp³-hybridized carbons (Fsp3) is 0.381. The van der Waals surface area contributed by atoms with Gasteiger partial charge in [-0.15, -0.1) is 0 Å². The summed E-state index contributed by atoms with van der Waals surface area (Å²) in [5.74, 6) is 1.60. The first kappa shape index (κ1) is 17.2. The average molecular weight is 372 g/mol. The van der Waals surface area contributed by atoms with Gasteiger partial charge in [0.2, 0.25) is 5.91 Å². The lowest BCUT2D eigenvalue weighted by Crippen LogP contribution is -2.42. The number of ether oxygens (including phenoxy) is 2. The van der Waals surface area contributed by atoms with Crippen LogP contribution in [-0.4, -0.2) is 19.1 Å². The lowest BCUT2D eigenvalue weighted by molar-refractivity contribution is -0.126. The van der Waals surface area contributed by atoms with Gasteiger partial charge in [-0.3, -0.25) is 4.79 Å². The van der Waals surface area contributed by atoms with Crippen LogP contribution in [-0.2, 0) is 16.8 Å². The molecular formula is C21H22ClNO3. The van der Waals surface area contributed by atoms with Crippen molar-refractivity contribution >= 4 is 17.5 Å². The normalized spacial score (nSPS) is 17.7. The van der Waals surface area contributed by atoms with Crippen LogP contribution < -0.4 is 14.8 Å². The van der Waals surface area contributed by atoms with Gasteiger partial charge in [0.15, 0.2) is 11.5 Å². The highest BCUT2D eigenvalue weighted by Crippen LogP contribution is 2.41. The third-order valence-electron chi connectivity index (χ3n) is 5.35. The number of hydrogen-bond acceptors (Lipinski definition) is 3. The van der Waals surface area contributed by atoms with Gasteiger partial charge in [-0.05, 0) is 48.2 Å². The van der Waals surface area contributed by atoms with E-state index in [9.17, 15) is 4.79 Å². The van der Waals surface area contributed by atoms with E-state index >= 15 is 0 Å². The van der Waals surface area contributed by atoms with E-state index < -0.39 is 5.41 Å². The van der Waals surface area contributed by atoms with Gasteiger partial charge in [0, 0.05) is 11.6 Å². The molecule has 1 fully saturated rings. The molecule has 0 saturated heterocycles. The first-order valence-electron chi connectivity index (χ1n) is 9.10. The van der Waals surface area contributed by atoms with Crippen molar-refractivity contribution in [3.05, 3.63) is 58.6 Å². The predicted molar refractivity (Wildman–Crippen MR) is 101 cm³/mol. The SMILES string of the molecule is O=C(NCc1ccc2c(c1)OCCO2)C1(c2ccc(Cl)cc2)CCCC1. The highest BCUT2D eigenvalue weighted by molar-refractivity contribution is 6.30. The lowest BCUT2D eigenvalue weighted by atomic mass is 9.78. The Bertz CT molecular complexity index is 797. The standard InChI is InChI=1S/C21H22ClNO3/c22-17-6-4-16(5-7-17)21(9-1-2-10-21)20(24)23-14-15-3-8-18-19(13-15)26-12-11-25-18/h3-8,13H,1-2,9-12,14H2,(H,23,24). The van der Waals surface area contributed by atoms with Crippen molar-refractivity contribution in [3.63, 3.8) is 0 Å². The van der Waals surface area contributed by atoms with E-state index in [2.05, 4.69) is 5.32 Å². The molecule has 26 heavy (non-hydrogen) atoms. The zero-order chi connectivity index (χ0) is 18.0. The number of halogens is 1. The number of carbonyl (C=O) groups excluding carboxylic acids is 1.